The number of sulfonamides is 1. The molecule has 0 aromatic heterocycles. The van der Waals surface area contributed by atoms with E-state index in [9.17, 15) is 8.42 Å². The first-order valence-corrected chi connectivity index (χ1v) is 11.5. The van der Waals surface area contributed by atoms with Gasteiger partial charge >= 0.3 is 0 Å². The van der Waals surface area contributed by atoms with Crippen LogP contribution in [0.3, 0.4) is 0 Å². The minimum absolute atomic E-state index is 0.0506. The van der Waals surface area contributed by atoms with Gasteiger partial charge in [0.25, 0.3) is 0 Å². The molecule has 0 aliphatic carbocycles. The van der Waals surface area contributed by atoms with E-state index < -0.39 is 10.0 Å². The van der Waals surface area contributed by atoms with Crippen molar-refractivity contribution in [1.82, 2.24) is 9.62 Å². The Hall–Kier alpha value is -1.45. The lowest BCUT2D eigenvalue weighted by molar-refractivity contribution is 0.0172. The summed E-state index contributed by atoms with van der Waals surface area (Å²) in [6, 6.07) is 14.9. The summed E-state index contributed by atoms with van der Waals surface area (Å²) in [5.41, 5.74) is 2.20. The van der Waals surface area contributed by atoms with E-state index in [1.165, 1.54) is 0 Å². The maximum atomic E-state index is 12.7. The average Bonchev–Trinajstić information content (AvgIpc) is 2.69. The third-order valence-electron chi connectivity index (χ3n) is 4.87. The lowest BCUT2D eigenvalue weighted by atomic mass is 10.0. The highest BCUT2D eigenvalue weighted by Crippen LogP contribution is 2.24. The summed E-state index contributed by atoms with van der Waals surface area (Å²) in [5, 5.41) is 0. The van der Waals surface area contributed by atoms with Crippen molar-refractivity contribution in [2.24, 2.45) is 0 Å². The number of anilines is 1. The van der Waals surface area contributed by atoms with Gasteiger partial charge in [0, 0.05) is 49.9 Å². The van der Waals surface area contributed by atoms with E-state index >= 15 is 0 Å². The molecule has 28 heavy (non-hydrogen) atoms. The van der Waals surface area contributed by atoms with Crippen LogP contribution in [-0.4, -0.2) is 60.3 Å². The second-order valence-corrected chi connectivity index (χ2v) is 9.64. The molecule has 152 valence electrons. The van der Waals surface area contributed by atoms with Gasteiger partial charge in [-0.3, -0.25) is 4.90 Å². The number of hydrogen-bond donors (Lipinski definition) is 1. The van der Waals surface area contributed by atoms with E-state index in [1.807, 2.05) is 19.0 Å². The fourth-order valence-electron chi connectivity index (χ4n) is 3.23. The summed E-state index contributed by atoms with van der Waals surface area (Å²) in [4.78, 5) is 4.58. The minimum Gasteiger partial charge on any atom is -0.379 e. The molecular formula is C20H26BrN3O3S. The number of hydrogen-bond acceptors (Lipinski definition) is 5. The Morgan fingerprint density at radius 3 is 2.25 bits per heavy atom. The molecular weight excluding hydrogens is 442 g/mol. The molecule has 1 saturated heterocycles. The highest BCUT2D eigenvalue weighted by Gasteiger charge is 2.25. The molecule has 2 aromatic carbocycles. The van der Waals surface area contributed by atoms with Crippen molar-refractivity contribution in [2.45, 2.75) is 10.9 Å². The van der Waals surface area contributed by atoms with E-state index in [0.29, 0.717) is 19.8 Å². The van der Waals surface area contributed by atoms with Crippen LogP contribution in [0.15, 0.2) is 57.9 Å². The molecule has 1 heterocycles. The van der Waals surface area contributed by atoms with Crippen molar-refractivity contribution < 1.29 is 13.2 Å². The smallest absolute Gasteiger partial charge is 0.240 e. The maximum absolute atomic E-state index is 12.7. The van der Waals surface area contributed by atoms with E-state index in [2.05, 4.69) is 49.8 Å². The molecule has 0 spiro atoms. The summed E-state index contributed by atoms with van der Waals surface area (Å²) >= 11 is 3.34. The van der Waals surface area contributed by atoms with Gasteiger partial charge in [0.2, 0.25) is 10.0 Å². The van der Waals surface area contributed by atoms with Gasteiger partial charge in [-0.2, -0.15) is 0 Å². The molecule has 0 radical (unpaired) electrons. The molecule has 0 unspecified atom stereocenters. The SMILES string of the molecule is CN(C)c1ccc([C@@H](CNS(=O)(=O)c2ccc(Br)cc2)N2CCOCC2)cc1. The molecule has 2 aromatic rings. The molecule has 8 heteroatoms. The first-order valence-electron chi connectivity index (χ1n) is 9.21. The van der Waals surface area contributed by atoms with Gasteiger partial charge in [0.05, 0.1) is 18.1 Å². The first kappa shape index (κ1) is 21.3. The highest BCUT2D eigenvalue weighted by atomic mass is 79.9. The van der Waals surface area contributed by atoms with Crippen molar-refractivity contribution in [3.63, 3.8) is 0 Å². The Morgan fingerprint density at radius 1 is 1.07 bits per heavy atom. The van der Waals surface area contributed by atoms with Gasteiger partial charge in [-0.15, -0.1) is 0 Å². The molecule has 1 fully saturated rings. The Balaban J connectivity index is 1.79. The van der Waals surface area contributed by atoms with Gasteiger partial charge in [-0.25, -0.2) is 13.1 Å². The second-order valence-electron chi connectivity index (χ2n) is 6.96. The van der Waals surface area contributed by atoms with Crippen molar-refractivity contribution in [1.29, 1.82) is 0 Å². The highest BCUT2D eigenvalue weighted by molar-refractivity contribution is 9.10. The van der Waals surface area contributed by atoms with Crippen LogP contribution in [-0.2, 0) is 14.8 Å². The lowest BCUT2D eigenvalue weighted by Gasteiger charge is -2.35. The predicted octanol–water partition coefficient (Wildman–Crippen LogP) is 2.87. The number of ether oxygens (including phenoxy) is 1. The number of nitrogens with zero attached hydrogens (tertiary/aromatic N) is 2. The quantitative estimate of drug-likeness (QED) is 0.678. The summed E-state index contributed by atoms with van der Waals surface area (Å²) in [6.45, 7) is 3.18. The zero-order valence-corrected chi connectivity index (χ0v) is 18.5. The largest absolute Gasteiger partial charge is 0.379 e. The Kier molecular flexibility index (Phi) is 7.11. The number of benzene rings is 2. The Labute approximate surface area is 175 Å². The third kappa shape index (κ3) is 5.33. The van der Waals surface area contributed by atoms with Crippen LogP contribution in [0.25, 0.3) is 0 Å². The van der Waals surface area contributed by atoms with Crippen molar-refractivity contribution in [3.05, 3.63) is 58.6 Å². The lowest BCUT2D eigenvalue weighted by Crippen LogP contribution is -2.43. The topological polar surface area (TPSA) is 61.9 Å². The Bertz CT molecular complexity index is 865. The predicted molar refractivity (Wildman–Crippen MR) is 115 cm³/mol. The molecule has 0 saturated carbocycles. The number of halogens is 1. The molecule has 1 atom stereocenters. The number of nitrogens with one attached hydrogen (secondary N) is 1. The summed E-state index contributed by atoms with van der Waals surface area (Å²) in [6.07, 6.45) is 0. The molecule has 0 amide bonds. The zero-order valence-electron chi connectivity index (χ0n) is 16.1. The first-order chi connectivity index (χ1) is 13.4. The summed E-state index contributed by atoms with van der Waals surface area (Å²) in [5.74, 6) is 0. The van der Waals surface area contributed by atoms with E-state index in [-0.39, 0.29) is 10.9 Å². The molecule has 1 N–H and O–H groups in total. The van der Waals surface area contributed by atoms with E-state index in [4.69, 9.17) is 4.74 Å². The molecule has 3 rings (SSSR count). The molecule has 1 aliphatic rings. The van der Waals surface area contributed by atoms with Gasteiger partial charge in [-0.05, 0) is 42.0 Å². The van der Waals surface area contributed by atoms with Crippen molar-refractivity contribution in [3.8, 4) is 0 Å². The normalized spacial score (nSPS) is 16.7. The minimum atomic E-state index is -3.58. The Morgan fingerprint density at radius 2 is 1.68 bits per heavy atom. The summed E-state index contributed by atoms with van der Waals surface area (Å²) in [7, 11) is 0.424. The van der Waals surface area contributed by atoms with Crippen molar-refractivity contribution >= 4 is 31.6 Å². The second kappa shape index (κ2) is 9.37. The van der Waals surface area contributed by atoms with Crippen LogP contribution >= 0.6 is 15.9 Å². The van der Waals surface area contributed by atoms with Crippen LogP contribution in [0.5, 0.6) is 0 Å². The summed E-state index contributed by atoms with van der Waals surface area (Å²) < 4.78 is 34.6. The number of rotatable bonds is 7. The van der Waals surface area contributed by atoms with Crippen LogP contribution < -0.4 is 9.62 Å². The molecule has 1 aliphatic heterocycles. The number of morpholine rings is 1. The van der Waals surface area contributed by atoms with Crippen molar-refractivity contribution in [2.75, 3.05) is 51.8 Å². The molecule has 0 bridgehead atoms. The fraction of sp³-hybridized carbons (Fsp3) is 0.400. The maximum Gasteiger partial charge on any atom is 0.240 e. The van der Waals surface area contributed by atoms with Crippen LogP contribution in [0.1, 0.15) is 11.6 Å². The third-order valence-corrected chi connectivity index (χ3v) is 6.84. The van der Waals surface area contributed by atoms with Gasteiger partial charge in [0.15, 0.2) is 0 Å². The van der Waals surface area contributed by atoms with Crippen LogP contribution in [0.4, 0.5) is 5.69 Å². The van der Waals surface area contributed by atoms with Gasteiger partial charge in [0.1, 0.15) is 0 Å². The van der Waals surface area contributed by atoms with E-state index in [1.54, 1.807) is 24.3 Å². The zero-order chi connectivity index (χ0) is 20.1. The van der Waals surface area contributed by atoms with Crippen LogP contribution in [0, 0.1) is 0 Å². The standard InChI is InChI=1S/C20H26BrN3O3S/c1-23(2)18-7-3-16(4-8-18)20(24-11-13-27-14-12-24)15-22-28(25,26)19-9-5-17(21)6-10-19/h3-10,20,22H,11-15H2,1-2H3/t20-/m1/s1. The average molecular weight is 468 g/mol. The molecule has 6 nitrogen and oxygen atoms in total. The van der Waals surface area contributed by atoms with Gasteiger partial charge in [-0.1, -0.05) is 28.1 Å². The monoisotopic (exact) mass is 467 g/mol. The van der Waals surface area contributed by atoms with E-state index in [0.717, 1.165) is 28.8 Å². The fourth-order valence-corrected chi connectivity index (χ4v) is 4.53. The van der Waals surface area contributed by atoms with Crippen LogP contribution in [0.2, 0.25) is 0 Å². The van der Waals surface area contributed by atoms with Gasteiger partial charge < -0.3 is 9.64 Å².